The molecule has 1 fully saturated rings. The van der Waals surface area contributed by atoms with Crippen LogP contribution < -0.4 is 5.73 Å². The smallest absolute Gasteiger partial charge is 0.191 e. The van der Waals surface area contributed by atoms with E-state index in [4.69, 9.17) is 5.73 Å². The first-order valence-electron chi connectivity index (χ1n) is 5.71. The molecule has 0 aromatic carbocycles. The van der Waals surface area contributed by atoms with Gasteiger partial charge in [0.1, 0.15) is 0 Å². The Bertz CT molecular complexity index is 195. The van der Waals surface area contributed by atoms with Gasteiger partial charge < -0.3 is 10.6 Å². The largest absolute Gasteiger partial charge is 0.370 e. The number of hydrogen-bond acceptors (Lipinski definition) is 1. The van der Waals surface area contributed by atoms with Crippen LogP contribution in [0.4, 0.5) is 0 Å². The van der Waals surface area contributed by atoms with Crippen LogP contribution in [0.3, 0.4) is 0 Å². The van der Waals surface area contributed by atoms with Gasteiger partial charge >= 0.3 is 0 Å². The minimum Gasteiger partial charge on any atom is -0.370 e. The van der Waals surface area contributed by atoms with Crippen LogP contribution in [0.5, 0.6) is 0 Å². The molecule has 0 radical (unpaired) electrons. The molecule has 1 aliphatic rings. The van der Waals surface area contributed by atoms with Crippen molar-refractivity contribution in [1.29, 1.82) is 0 Å². The second-order valence-corrected chi connectivity index (χ2v) is 4.44. The fraction of sp³-hybridized carbons (Fsp3) is 0.909. The molecule has 0 aromatic heterocycles. The molecule has 0 aromatic rings. The van der Waals surface area contributed by atoms with E-state index >= 15 is 0 Å². The Hall–Kier alpha value is -0.730. The first-order valence-corrected chi connectivity index (χ1v) is 5.71. The number of hydrogen-bond donors (Lipinski definition) is 1. The fourth-order valence-electron chi connectivity index (χ4n) is 1.52. The second-order valence-electron chi connectivity index (χ2n) is 4.44. The van der Waals surface area contributed by atoms with Gasteiger partial charge in [-0.25, -0.2) is 0 Å². The maximum Gasteiger partial charge on any atom is 0.191 e. The highest BCUT2D eigenvalue weighted by atomic mass is 15.3. The summed E-state index contributed by atoms with van der Waals surface area (Å²) >= 11 is 0. The number of aliphatic imine (C=N–C) groups is 1. The predicted octanol–water partition coefficient (Wildman–Crippen LogP) is 1.83. The Labute approximate surface area is 87.4 Å². The van der Waals surface area contributed by atoms with Gasteiger partial charge in [-0.15, -0.1) is 0 Å². The van der Waals surface area contributed by atoms with Gasteiger partial charge in [-0.3, -0.25) is 4.99 Å². The molecule has 0 unspecified atom stereocenters. The molecule has 0 saturated heterocycles. The van der Waals surface area contributed by atoms with E-state index in [1.165, 1.54) is 19.3 Å². The number of rotatable bonds is 5. The van der Waals surface area contributed by atoms with E-state index in [0.29, 0.717) is 6.04 Å². The Morgan fingerprint density at radius 1 is 1.50 bits per heavy atom. The van der Waals surface area contributed by atoms with Crippen LogP contribution in [0.2, 0.25) is 0 Å². The van der Waals surface area contributed by atoms with Crippen LogP contribution in [-0.4, -0.2) is 30.0 Å². The Kier molecular flexibility index (Phi) is 4.23. The fourth-order valence-corrected chi connectivity index (χ4v) is 1.52. The highest BCUT2D eigenvalue weighted by molar-refractivity contribution is 5.78. The Morgan fingerprint density at radius 3 is 2.57 bits per heavy atom. The quantitative estimate of drug-likeness (QED) is 0.539. The van der Waals surface area contributed by atoms with Gasteiger partial charge in [0, 0.05) is 19.1 Å². The summed E-state index contributed by atoms with van der Waals surface area (Å²) in [5, 5.41) is 0. The SMILES string of the molecule is CCN=C(N)N(CCC(C)C)C1CC1. The normalized spacial score (nSPS) is 17.6. The summed E-state index contributed by atoms with van der Waals surface area (Å²) in [7, 11) is 0. The van der Waals surface area contributed by atoms with Crippen molar-refractivity contribution in [2.24, 2.45) is 16.6 Å². The molecule has 0 aliphatic heterocycles. The second kappa shape index (κ2) is 5.23. The number of nitrogens with two attached hydrogens (primary N) is 1. The summed E-state index contributed by atoms with van der Waals surface area (Å²) in [6.07, 6.45) is 3.78. The lowest BCUT2D eigenvalue weighted by Crippen LogP contribution is -2.40. The van der Waals surface area contributed by atoms with Gasteiger partial charge in [0.25, 0.3) is 0 Å². The van der Waals surface area contributed by atoms with Crippen LogP contribution in [0.15, 0.2) is 4.99 Å². The highest BCUT2D eigenvalue weighted by Crippen LogP contribution is 2.27. The monoisotopic (exact) mass is 197 g/mol. The summed E-state index contributed by atoms with van der Waals surface area (Å²) in [5.74, 6) is 1.49. The zero-order valence-electron chi connectivity index (χ0n) is 9.66. The Balaban J connectivity index is 2.42. The third-order valence-electron chi connectivity index (χ3n) is 2.55. The van der Waals surface area contributed by atoms with Crippen molar-refractivity contribution >= 4 is 5.96 Å². The summed E-state index contributed by atoms with van der Waals surface area (Å²) in [6.45, 7) is 8.38. The predicted molar refractivity (Wildman–Crippen MR) is 61.3 cm³/mol. The van der Waals surface area contributed by atoms with E-state index in [9.17, 15) is 0 Å². The highest BCUT2D eigenvalue weighted by Gasteiger charge is 2.29. The Morgan fingerprint density at radius 2 is 2.14 bits per heavy atom. The molecule has 82 valence electrons. The molecule has 2 N–H and O–H groups in total. The van der Waals surface area contributed by atoms with Crippen molar-refractivity contribution in [3.63, 3.8) is 0 Å². The summed E-state index contributed by atoms with van der Waals surface area (Å²) in [6, 6.07) is 0.684. The van der Waals surface area contributed by atoms with Gasteiger partial charge in [-0.1, -0.05) is 13.8 Å². The summed E-state index contributed by atoms with van der Waals surface area (Å²) < 4.78 is 0. The lowest BCUT2D eigenvalue weighted by atomic mass is 10.1. The number of nitrogens with zero attached hydrogens (tertiary/aromatic N) is 2. The molecule has 1 rings (SSSR count). The standard InChI is InChI=1S/C11H23N3/c1-4-13-11(12)14(10-5-6-10)8-7-9(2)3/h9-10H,4-8H2,1-3H3,(H2,12,13). The van der Waals surface area contributed by atoms with Crippen molar-refractivity contribution in [2.75, 3.05) is 13.1 Å². The molecule has 14 heavy (non-hydrogen) atoms. The molecule has 0 heterocycles. The maximum absolute atomic E-state index is 5.93. The van der Waals surface area contributed by atoms with E-state index in [1.54, 1.807) is 0 Å². The zero-order chi connectivity index (χ0) is 10.6. The number of guanidine groups is 1. The molecule has 3 heteroatoms. The van der Waals surface area contributed by atoms with Gasteiger partial charge in [0.05, 0.1) is 0 Å². The van der Waals surface area contributed by atoms with Crippen LogP contribution in [0, 0.1) is 5.92 Å². The third kappa shape index (κ3) is 3.56. The van der Waals surface area contributed by atoms with E-state index < -0.39 is 0 Å². The van der Waals surface area contributed by atoms with Crippen LogP contribution in [0.1, 0.15) is 40.0 Å². The average Bonchev–Trinajstić information content (AvgIpc) is 2.88. The molecule has 1 aliphatic carbocycles. The molecule has 0 spiro atoms. The minimum absolute atomic E-state index is 0.684. The lowest BCUT2D eigenvalue weighted by molar-refractivity contribution is 0.367. The summed E-state index contributed by atoms with van der Waals surface area (Å²) in [5.41, 5.74) is 5.93. The summed E-state index contributed by atoms with van der Waals surface area (Å²) in [4.78, 5) is 6.57. The van der Waals surface area contributed by atoms with E-state index in [1.807, 2.05) is 6.92 Å². The van der Waals surface area contributed by atoms with E-state index in [0.717, 1.165) is 25.0 Å². The molecular weight excluding hydrogens is 174 g/mol. The van der Waals surface area contributed by atoms with Gasteiger partial charge in [-0.2, -0.15) is 0 Å². The zero-order valence-corrected chi connectivity index (χ0v) is 9.66. The third-order valence-corrected chi connectivity index (χ3v) is 2.55. The molecule has 1 saturated carbocycles. The molecule has 0 amide bonds. The van der Waals surface area contributed by atoms with Gasteiger partial charge in [0.15, 0.2) is 5.96 Å². The van der Waals surface area contributed by atoms with Crippen molar-refractivity contribution in [3.8, 4) is 0 Å². The molecule has 0 bridgehead atoms. The average molecular weight is 197 g/mol. The first kappa shape index (κ1) is 11.3. The lowest BCUT2D eigenvalue weighted by Gasteiger charge is -2.24. The van der Waals surface area contributed by atoms with Crippen molar-refractivity contribution in [3.05, 3.63) is 0 Å². The van der Waals surface area contributed by atoms with Crippen LogP contribution >= 0.6 is 0 Å². The topological polar surface area (TPSA) is 41.6 Å². The minimum atomic E-state index is 0.684. The van der Waals surface area contributed by atoms with E-state index in [-0.39, 0.29) is 0 Å². The van der Waals surface area contributed by atoms with Gasteiger partial charge in [0.2, 0.25) is 0 Å². The van der Waals surface area contributed by atoms with E-state index in [2.05, 4.69) is 23.7 Å². The molecule has 3 nitrogen and oxygen atoms in total. The maximum atomic E-state index is 5.93. The van der Waals surface area contributed by atoms with Crippen molar-refractivity contribution in [1.82, 2.24) is 4.90 Å². The van der Waals surface area contributed by atoms with Crippen LogP contribution in [-0.2, 0) is 0 Å². The van der Waals surface area contributed by atoms with Crippen molar-refractivity contribution in [2.45, 2.75) is 46.1 Å². The van der Waals surface area contributed by atoms with Gasteiger partial charge in [-0.05, 0) is 32.1 Å². The molecule has 0 atom stereocenters. The van der Waals surface area contributed by atoms with Crippen molar-refractivity contribution < 1.29 is 0 Å². The molecular formula is C11H23N3. The van der Waals surface area contributed by atoms with Crippen LogP contribution in [0.25, 0.3) is 0 Å². The first-order chi connectivity index (χ1) is 6.65.